The lowest BCUT2D eigenvalue weighted by atomic mass is 10.1. The molecule has 0 aromatic rings. The summed E-state index contributed by atoms with van der Waals surface area (Å²) >= 11 is 0. The maximum Gasteiger partial charge on any atom is 0.410 e. The van der Waals surface area contributed by atoms with Gasteiger partial charge in [-0.05, 0) is 33.6 Å². The second-order valence-corrected chi connectivity index (χ2v) is 4.80. The normalized spacial score (nSPS) is 17.5. The van der Waals surface area contributed by atoms with Crippen molar-refractivity contribution in [3.63, 3.8) is 0 Å². The maximum atomic E-state index is 11.6. The van der Waals surface area contributed by atoms with E-state index in [1.165, 1.54) is 0 Å². The first-order valence-corrected chi connectivity index (χ1v) is 6.12. The van der Waals surface area contributed by atoms with Crippen LogP contribution in [0.5, 0.6) is 0 Å². The molecule has 4 nitrogen and oxygen atoms in total. The number of piperidine rings is 1. The van der Waals surface area contributed by atoms with E-state index in [9.17, 15) is 4.79 Å². The second-order valence-electron chi connectivity index (χ2n) is 4.80. The number of ether oxygens (including phenoxy) is 1. The smallest absolute Gasteiger partial charge is 0.410 e. The molecule has 0 aromatic carbocycles. The molecule has 0 spiro atoms. The van der Waals surface area contributed by atoms with Crippen LogP contribution in [0.1, 0.15) is 47.5 Å². The van der Waals surface area contributed by atoms with Crippen molar-refractivity contribution in [1.82, 2.24) is 4.90 Å². The van der Waals surface area contributed by atoms with E-state index < -0.39 is 5.60 Å². The third kappa shape index (κ3) is 5.95. The molecule has 2 N–H and O–H groups in total. The SMILES string of the molecule is CC.CC(C)(C)OC(=O)N1CCC(N)CC1. The molecule has 1 saturated heterocycles. The predicted octanol–water partition coefficient (Wildman–Crippen LogP) is 2.37. The average Bonchev–Trinajstić information content (AvgIpc) is 2.19. The molecule has 0 saturated carbocycles. The van der Waals surface area contributed by atoms with E-state index in [1.807, 2.05) is 34.6 Å². The summed E-state index contributed by atoms with van der Waals surface area (Å²) in [5, 5.41) is 0. The van der Waals surface area contributed by atoms with Crippen LogP contribution in [-0.4, -0.2) is 35.7 Å². The van der Waals surface area contributed by atoms with Crippen LogP contribution in [0.2, 0.25) is 0 Å². The Morgan fingerprint density at radius 3 is 2.06 bits per heavy atom. The Hall–Kier alpha value is -0.770. The van der Waals surface area contributed by atoms with Gasteiger partial charge in [0, 0.05) is 19.1 Å². The van der Waals surface area contributed by atoms with E-state index >= 15 is 0 Å². The molecule has 0 atom stereocenters. The van der Waals surface area contributed by atoms with Crippen LogP contribution in [0.25, 0.3) is 0 Å². The lowest BCUT2D eigenvalue weighted by molar-refractivity contribution is 0.0207. The molecule has 96 valence electrons. The van der Waals surface area contributed by atoms with Crippen LogP contribution in [0, 0.1) is 0 Å². The molecular formula is C12H26N2O2. The molecule has 0 bridgehead atoms. The zero-order valence-electron chi connectivity index (χ0n) is 11.2. The Morgan fingerprint density at radius 1 is 1.25 bits per heavy atom. The van der Waals surface area contributed by atoms with Crippen LogP contribution >= 0.6 is 0 Å². The number of carbonyl (C=O) groups is 1. The van der Waals surface area contributed by atoms with Gasteiger partial charge in [-0.3, -0.25) is 0 Å². The van der Waals surface area contributed by atoms with Gasteiger partial charge in [0.05, 0.1) is 0 Å². The van der Waals surface area contributed by atoms with Crippen molar-refractivity contribution in [1.29, 1.82) is 0 Å². The number of nitrogens with zero attached hydrogens (tertiary/aromatic N) is 1. The molecular weight excluding hydrogens is 204 g/mol. The number of amides is 1. The van der Waals surface area contributed by atoms with Gasteiger partial charge in [-0.15, -0.1) is 0 Å². The van der Waals surface area contributed by atoms with Gasteiger partial charge in [0.1, 0.15) is 5.60 Å². The van der Waals surface area contributed by atoms with Crippen LogP contribution < -0.4 is 5.73 Å². The van der Waals surface area contributed by atoms with Crippen molar-refractivity contribution in [2.45, 2.75) is 59.1 Å². The van der Waals surface area contributed by atoms with Crippen LogP contribution in [-0.2, 0) is 4.74 Å². The van der Waals surface area contributed by atoms with Gasteiger partial charge in [0.2, 0.25) is 0 Å². The Labute approximate surface area is 99.1 Å². The van der Waals surface area contributed by atoms with E-state index in [0.717, 1.165) is 25.9 Å². The van der Waals surface area contributed by atoms with Crippen LogP contribution in [0.15, 0.2) is 0 Å². The summed E-state index contributed by atoms with van der Waals surface area (Å²) in [5.41, 5.74) is 5.34. The van der Waals surface area contributed by atoms with Gasteiger partial charge in [-0.2, -0.15) is 0 Å². The van der Waals surface area contributed by atoms with Crippen molar-refractivity contribution in [3.8, 4) is 0 Å². The van der Waals surface area contributed by atoms with Gasteiger partial charge >= 0.3 is 6.09 Å². The number of hydrogen-bond donors (Lipinski definition) is 1. The topological polar surface area (TPSA) is 55.6 Å². The van der Waals surface area contributed by atoms with Crippen molar-refractivity contribution < 1.29 is 9.53 Å². The van der Waals surface area contributed by atoms with Crippen LogP contribution in [0.3, 0.4) is 0 Å². The number of hydrogen-bond acceptors (Lipinski definition) is 3. The first kappa shape index (κ1) is 15.2. The zero-order valence-corrected chi connectivity index (χ0v) is 11.2. The third-order valence-electron chi connectivity index (χ3n) is 2.19. The van der Waals surface area contributed by atoms with E-state index in [2.05, 4.69) is 0 Å². The minimum atomic E-state index is -0.406. The molecule has 1 aliphatic rings. The molecule has 1 fully saturated rings. The molecule has 0 unspecified atom stereocenters. The first-order valence-electron chi connectivity index (χ1n) is 6.12. The van der Waals surface area contributed by atoms with Crippen molar-refractivity contribution in [3.05, 3.63) is 0 Å². The fourth-order valence-corrected chi connectivity index (χ4v) is 1.41. The fourth-order valence-electron chi connectivity index (χ4n) is 1.41. The summed E-state index contributed by atoms with van der Waals surface area (Å²) in [6.45, 7) is 11.1. The quantitative estimate of drug-likeness (QED) is 0.695. The highest BCUT2D eigenvalue weighted by atomic mass is 16.6. The van der Waals surface area contributed by atoms with E-state index in [0.29, 0.717) is 0 Å². The summed E-state index contributed by atoms with van der Waals surface area (Å²) in [7, 11) is 0. The highest BCUT2D eigenvalue weighted by Crippen LogP contribution is 2.14. The first-order chi connectivity index (χ1) is 7.38. The Morgan fingerprint density at radius 2 is 1.69 bits per heavy atom. The van der Waals surface area contributed by atoms with Crippen molar-refractivity contribution in [2.24, 2.45) is 5.73 Å². The zero-order chi connectivity index (χ0) is 12.8. The maximum absolute atomic E-state index is 11.6. The molecule has 1 amide bonds. The Balaban J connectivity index is 0.00000106. The lowest BCUT2D eigenvalue weighted by Crippen LogP contribution is -2.44. The molecule has 16 heavy (non-hydrogen) atoms. The van der Waals surface area contributed by atoms with Crippen LogP contribution in [0.4, 0.5) is 4.79 Å². The van der Waals surface area contributed by atoms with Gasteiger partial charge in [-0.1, -0.05) is 13.8 Å². The lowest BCUT2D eigenvalue weighted by Gasteiger charge is -2.32. The summed E-state index contributed by atoms with van der Waals surface area (Å²) in [6.07, 6.45) is 1.53. The largest absolute Gasteiger partial charge is 0.444 e. The van der Waals surface area contributed by atoms with Gasteiger partial charge < -0.3 is 15.4 Å². The second kappa shape index (κ2) is 6.74. The number of nitrogens with two attached hydrogens (primary N) is 1. The van der Waals surface area contributed by atoms with Gasteiger partial charge in [-0.25, -0.2) is 4.79 Å². The van der Waals surface area contributed by atoms with Crippen molar-refractivity contribution in [2.75, 3.05) is 13.1 Å². The summed E-state index contributed by atoms with van der Waals surface area (Å²) in [6, 6.07) is 0.244. The summed E-state index contributed by atoms with van der Waals surface area (Å²) in [4.78, 5) is 13.3. The highest BCUT2D eigenvalue weighted by molar-refractivity contribution is 5.68. The summed E-state index contributed by atoms with van der Waals surface area (Å²) < 4.78 is 5.26. The molecule has 0 aromatic heterocycles. The molecule has 4 heteroatoms. The molecule has 0 radical (unpaired) electrons. The third-order valence-corrected chi connectivity index (χ3v) is 2.19. The molecule has 1 heterocycles. The number of likely N-dealkylation sites (tertiary alicyclic amines) is 1. The molecule has 0 aliphatic carbocycles. The van der Waals surface area contributed by atoms with Gasteiger partial charge in [0.15, 0.2) is 0 Å². The van der Waals surface area contributed by atoms with E-state index in [1.54, 1.807) is 4.90 Å². The minimum absolute atomic E-state index is 0.218. The summed E-state index contributed by atoms with van der Waals surface area (Å²) in [5.74, 6) is 0. The highest BCUT2D eigenvalue weighted by Gasteiger charge is 2.25. The standard InChI is InChI=1S/C10H20N2O2.C2H6/c1-10(2,3)14-9(13)12-6-4-8(11)5-7-12;1-2/h8H,4-7,11H2,1-3H3;1-2H3. The molecule has 1 rings (SSSR count). The Kier molecular flexibility index (Phi) is 6.41. The fraction of sp³-hybridized carbons (Fsp3) is 0.917. The monoisotopic (exact) mass is 230 g/mol. The predicted molar refractivity (Wildman–Crippen MR) is 66.4 cm³/mol. The van der Waals surface area contributed by atoms with E-state index in [4.69, 9.17) is 10.5 Å². The minimum Gasteiger partial charge on any atom is -0.444 e. The van der Waals surface area contributed by atoms with Gasteiger partial charge in [0.25, 0.3) is 0 Å². The average molecular weight is 230 g/mol. The Bertz CT molecular complexity index is 204. The number of rotatable bonds is 0. The van der Waals surface area contributed by atoms with E-state index in [-0.39, 0.29) is 12.1 Å². The van der Waals surface area contributed by atoms with Crippen molar-refractivity contribution >= 4 is 6.09 Å². The molecule has 1 aliphatic heterocycles. The number of carbonyl (C=O) groups excluding carboxylic acids is 1.